The molecule has 0 aromatic carbocycles. The largest absolute Gasteiger partial charge is 0.341 e. The lowest BCUT2D eigenvalue weighted by Gasteiger charge is -2.39. The van der Waals surface area contributed by atoms with E-state index in [1.807, 2.05) is 11.8 Å². The van der Waals surface area contributed by atoms with Gasteiger partial charge in [-0.25, -0.2) is 0 Å². The molecule has 2 fully saturated rings. The van der Waals surface area contributed by atoms with Gasteiger partial charge in [0.25, 0.3) is 0 Å². The molecule has 0 spiro atoms. The molecule has 0 aromatic heterocycles. The molecular weight excluding hydrogens is 209 g/mol. The number of halogens is 2. The van der Waals surface area contributed by atoms with Gasteiger partial charge in [0.2, 0.25) is 5.91 Å². The fourth-order valence-corrected chi connectivity index (χ4v) is 2.54. The highest BCUT2D eigenvalue weighted by molar-refractivity contribution is 6.53. The lowest BCUT2D eigenvalue weighted by Crippen LogP contribution is -2.51. The molecular formula is C9H13Cl2NO. The molecule has 2 nitrogen and oxygen atoms in total. The first kappa shape index (κ1) is 9.60. The minimum Gasteiger partial charge on any atom is -0.341 e. The fraction of sp³-hybridized carbons (Fsp3) is 0.889. The SMILES string of the molecule is CC1CN(C(=O)C2(C)CC2(Cl)Cl)C1. The molecule has 1 saturated heterocycles. The molecule has 0 N–H and O–H groups in total. The molecule has 1 atom stereocenters. The molecule has 1 amide bonds. The Labute approximate surface area is 88.2 Å². The molecule has 1 aliphatic carbocycles. The van der Waals surface area contributed by atoms with Crippen LogP contribution in [0.25, 0.3) is 0 Å². The third-order valence-corrected chi connectivity index (χ3v) is 4.18. The van der Waals surface area contributed by atoms with Crippen molar-refractivity contribution in [3.63, 3.8) is 0 Å². The normalized spacial score (nSPS) is 37.1. The van der Waals surface area contributed by atoms with E-state index in [1.54, 1.807) is 0 Å². The number of alkyl halides is 2. The number of amides is 1. The van der Waals surface area contributed by atoms with Crippen LogP contribution in [0.3, 0.4) is 0 Å². The van der Waals surface area contributed by atoms with Gasteiger partial charge in [-0.2, -0.15) is 0 Å². The molecule has 2 aliphatic rings. The summed E-state index contributed by atoms with van der Waals surface area (Å²) in [4.78, 5) is 13.7. The molecule has 13 heavy (non-hydrogen) atoms. The van der Waals surface area contributed by atoms with Crippen LogP contribution in [0.1, 0.15) is 20.3 Å². The maximum absolute atomic E-state index is 11.8. The predicted molar refractivity (Wildman–Crippen MR) is 52.9 cm³/mol. The monoisotopic (exact) mass is 221 g/mol. The predicted octanol–water partition coefficient (Wildman–Crippen LogP) is 2.05. The van der Waals surface area contributed by atoms with Crippen molar-refractivity contribution >= 4 is 29.1 Å². The second-order valence-electron chi connectivity index (χ2n) is 4.53. The van der Waals surface area contributed by atoms with Crippen LogP contribution in [0.5, 0.6) is 0 Å². The van der Waals surface area contributed by atoms with E-state index < -0.39 is 9.75 Å². The molecule has 1 saturated carbocycles. The Morgan fingerprint density at radius 1 is 1.46 bits per heavy atom. The first-order valence-corrected chi connectivity index (χ1v) is 5.30. The van der Waals surface area contributed by atoms with Gasteiger partial charge in [0.1, 0.15) is 4.33 Å². The van der Waals surface area contributed by atoms with E-state index in [4.69, 9.17) is 23.2 Å². The minimum absolute atomic E-state index is 0.121. The van der Waals surface area contributed by atoms with Gasteiger partial charge in [-0.15, -0.1) is 23.2 Å². The zero-order valence-corrected chi connectivity index (χ0v) is 9.32. The van der Waals surface area contributed by atoms with Gasteiger partial charge in [0.05, 0.1) is 5.41 Å². The number of hydrogen-bond donors (Lipinski definition) is 0. The number of nitrogens with zero attached hydrogens (tertiary/aromatic N) is 1. The first-order chi connectivity index (χ1) is 5.87. The number of likely N-dealkylation sites (tertiary alicyclic amines) is 1. The Morgan fingerprint density at radius 2 is 1.92 bits per heavy atom. The number of carbonyl (C=O) groups excluding carboxylic acids is 1. The van der Waals surface area contributed by atoms with Crippen LogP contribution in [0, 0.1) is 11.3 Å². The van der Waals surface area contributed by atoms with Gasteiger partial charge in [-0.05, 0) is 19.3 Å². The molecule has 1 aliphatic heterocycles. The van der Waals surface area contributed by atoms with Crippen molar-refractivity contribution in [2.45, 2.75) is 24.6 Å². The Kier molecular flexibility index (Phi) is 1.88. The third kappa shape index (κ3) is 1.26. The molecule has 4 heteroatoms. The maximum atomic E-state index is 11.8. The van der Waals surface area contributed by atoms with E-state index in [0.29, 0.717) is 12.3 Å². The van der Waals surface area contributed by atoms with Crippen LogP contribution in [-0.4, -0.2) is 28.2 Å². The van der Waals surface area contributed by atoms with Crippen LogP contribution in [0.2, 0.25) is 0 Å². The molecule has 0 bridgehead atoms. The van der Waals surface area contributed by atoms with E-state index in [0.717, 1.165) is 13.1 Å². The highest BCUT2D eigenvalue weighted by Gasteiger charge is 2.69. The van der Waals surface area contributed by atoms with Gasteiger partial charge in [0, 0.05) is 13.1 Å². The lowest BCUT2D eigenvalue weighted by molar-refractivity contribution is -0.142. The Bertz CT molecular complexity index is 260. The van der Waals surface area contributed by atoms with Gasteiger partial charge in [-0.1, -0.05) is 6.92 Å². The van der Waals surface area contributed by atoms with Crippen molar-refractivity contribution in [2.75, 3.05) is 13.1 Å². The van der Waals surface area contributed by atoms with E-state index in [9.17, 15) is 4.79 Å². The van der Waals surface area contributed by atoms with Crippen molar-refractivity contribution < 1.29 is 4.79 Å². The van der Waals surface area contributed by atoms with Crippen molar-refractivity contribution in [3.8, 4) is 0 Å². The number of carbonyl (C=O) groups is 1. The topological polar surface area (TPSA) is 20.3 Å². The second-order valence-corrected chi connectivity index (χ2v) is 6.01. The highest BCUT2D eigenvalue weighted by Crippen LogP contribution is 2.64. The van der Waals surface area contributed by atoms with Crippen LogP contribution >= 0.6 is 23.2 Å². The van der Waals surface area contributed by atoms with Gasteiger partial charge in [0.15, 0.2) is 0 Å². The average Bonchev–Trinajstić information content (AvgIpc) is 2.45. The number of hydrogen-bond acceptors (Lipinski definition) is 1. The maximum Gasteiger partial charge on any atom is 0.231 e. The zero-order valence-electron chi connectivity index (χ0n) is 7.81. The summed E-state index contributed by atoms with van der Waals surface area (Å²) in [5.74, 6) is 0.752. The summed E-state index contributed by atoms with van der Waals surface area (Å²) in [5.41, 5.74) is -0.518. The first-order valence-electron chi connectivity index (χ1n) is 4.54. The molecule has 0 aromatic rings. The molecule has 2 rings (SSSR count). The Hall–Kier alpha value is 0.0500. The van der Waals surface area contributed by atoms with E-state index in [-0.39, 0.29) is 5.91 Å². The smallest absolute Gasteiger partial charge is 0.231 e. The van der Waals surface area contributed by atoms with Crippen LogP contribution in [0.15, 0.2) is 0 Å². The molecule has 1 unspecified atom stereocenters. The summed E-state index contributed by atoms with van der Waals surface area (Å²) < 4.78 is -0.817. The highest BCUT2D eigenvalue weighted by atomic mass is 35.5. The summed E-state index contributed by atoms with van der Waals surface area (Å²) >= 11 is 11.8. The summed E-state index contributed by atoms with van der Waals surface area (Å²) in [5, 5.41) is 0. The van der Waals surface area contributed by atoms with Crippen molar-refractivity contribution in [2.24, 2.45) is 11.3 Å². The zero-order chi connectivity index (χ0) is 9.85. The van der Waals surface area contributed by atoms with E-state index in [1.165, 1.54) is 0 Å². The minimum atomic E-state index is -0.817. The fourth-order valence-electron chi connectivity index (χ4n) is 1.85. The van der Waals surface area contributed by atoms with E-state index in [2.05, 4.69) is 6.92 Å². The van der Waals surface area contributed by atoms with Crippen LogP contribution in [0.4, 0.5) is 0 Å². The van der Waals surface area contributed by atoms with Crippen molar-refractivity contribution in [1.82, 2.24) is 4.90 Å². The van der Waals surface area contributed by atoms with Gasteiger partial charge < -0.3 is 4.90 Å². The summed E-state index contributed by atoms with van der Waals surface area (Å²) in [6.07, 6.45) is 0.590. The van der Waals surface area contributed by atoms with Gasteiger partial charge >= 0.3 is 0 Å². The van der Waals surface area contributed by atoms with E-state index >= 15 is 0 Å². The number of rotatable bonds is 1. The average molecular weight is 222 g/mol. The molecule has 1 heterocycles. The molecule has 74 valence electrons. The van der Waals surface area contributed by atoms with Crippen LogP contribution in [-0.2, 0) is 4.79 Å². The summed E-state index contributed by atoms with van der Waals surface area (Å²) in [7, 11) is 0. The molecule has 0 radical (unpaired) electrons. The van der Waals surface area contributed by atoms with Gasteiger partial charge in [-0.3, -0.25) is 4.79 Å². The third-order valence-electron chi connectivity index (χ3n) is 3.08. The summed E-state index contributed by atoms with van der Waals surface area (Å²) in [6.45, 7) is 5.70. The lowest BCUT2D eigenvalue weighted by atomic mass is 9.98. The van der Waals surface area contributed by atoms with Crippen molar-refractivity contribution in [1.29, 1.82) is 0 Å². The quantitative estimate of drug-likeness (QED) is 0.622. The Morgan fingerprint density at radius 3 is 2.23 bits per heavy atom. The second kappa shape index (κ2) is 2.54. The Balaban J connectivity index is 2.00. The van der Waals surface area contributed by atoms with Crippen LogP contribution < -0.4 is 0 Å². The standard InChI is InChI=1S/C9H13Cl2NO/c1-6-3-12(4-6)7(13)8(2)5-9(8,10)11/h6H,3-5H2,1-2H3. The summed E-state index contributed by atoms with van der Waals surface area (Å²) in [6, 6.07) is 0. The van der Waals surface area contributed by atoms with Crippen molar-refractivity contribution in [3.05, 3.63) is 0 Å².